The fourth-order valence-corrected chi connectivity index (χ4v) is 6.55. The normalized spacial score (nSPS) is 14.4. The molecule has 0 aliphatic heterocycles. The van der Waals surface area contributed by atoms with E-state index in [1.54, 1.807) is 3.33 Å². The molecule has 2 aliphatic carbocycles. The second kappa shape index (κ2) is 9.40. The summed E-state index contributed by atoms with van der Waals surface area (Å²) in [7, 11) is 0. The molecule has 0 spiro atoms. The number of rotatable bonds is 1. The van der Waals surface area contributed by atoms with E-state index < -0.39 is 0 Å². The van der Waals surface area contributed by atoms with E-state index in [1.807, 2.05) is 0 Å². The monoisotopic (exact) mass is 631 g/mol. The van der Waals surface area contributed by atoms with Crippen molar-refractivity contribution < 1.29 is 49.2 Å². The molecular weight excluding hydrogens is 598 g/mol. The molecule has 2 aromatic rings. The standard InChI is InChI=1S/C29H33.2ClH.Hf/c1-18(2)23-17-24-22-14-13-21(28(3,4)5)15-20(22)16-25(24)26(19-11-9-10-12-19)27(23)29(6,7)8;;;/h9-11,13-15,17H,12H2,1-8H3;2*1H;/q;;;+2/p-2. The van der Waals surface area contributed by atoms with Crippen molar-refractivity contribution in [3.63, 3.8) is 0 Å². The summed E-state index contributed by atoms with van der Waals surface area (Å²) in [6.45, 7) is 18.6. The summed E-state index contributed by atoms with van der Waals surface area (Å²) in [4.78, 5) is 0. The summed E-state index contributed by atoms with van der Waals surface area (Å²) in [6.07, 6.45) is 7.92. The van der Waals surface area contributed by atoms with E-state index in [0.29, 0.717) is 0 Å². The zero-order valence-corrected chi connectivity index (χ0v) is 25.6. The first-order valence-electron chi connectivity index (χ1n) is 11.0. The van der Waals surface area contributed by atoms with Gasteiger partial charge in [0, 0.05) is 0 Å². The molecule has 3 heteroatoms. The van der Waals surface area contributed by atoms with Gasteiger partial charge in [-0.25, -0.2) is 0 Å². The molecule has 32 heavy (non-hydrogen) atoms. The predicted octanol–water partition coefficient (Wildman–Crippen LogP) is 0.507. The third-order valence-electron chi connectivity index (χ3n) is 6.40. The van der Waals surface area contributed by atoms with E-state index in [2.05, 4.69) is 97.9 Å². The minimum absolute atomic E-state index is 0. The molecule has 0 unspecified atom stereocenters. The molecule has 0 fully saturated rings. The van der Waals surface area contributed by atoms with Crippen LogP contribution in [0.5, 0.6) is 0 Å². The van der Waals surface area contributed by atoms with Gasteiger partial charge in [0.15, 0.2) is 0 Å². The van der Waals surface area contributed by atoms with Crippen molar-refractivity contribution in [3.05, 3.63) is 75.2 Å². The van der Waals surface area contributed by atoms with Crippen LogP contribution in [0, 0.1) is 0 Å². The molecule has 0 N–H and O–H groups in total. The minimum atomic E-state index is 0. The van der Waals surface area contributed by atoms with Gasteiger partial charge in [-0.1, -0.05) is 0 Å². The van der Waals surface area contributed by atoms with Crippen molar-refractivity contribution in [2.24, 2.45) is 0 Å². The van der Waals surface area contributed by atoms with Crippen LogP contribution in [0.15, 0.2) is 42.5 Å². The van der Waals surface area contributed by atoms with E-state index in [-0.39, 0.29) is 35.6 Å². The number of hydrogen-bond acceptors (Lipinski definition) is 0. The van der Waals surface area contributed by atoms with Crippen molar-refractivity contribution in [2.75, 3.05) is 0 Å². The molecule has 0 radical (unpaired) electrons. The topological polar surface area (TPSA) is 0 Å². The molecule has 0 atom stereocenters. The summed E-state index contributed by atoms with van der Waals surface area (Å²) in [6, 6.07) is 9.70. The van der Waals surface area contributed by atoms with Gasteiger partial charge < -0.3 is 24.8 Å². The summed E-state index contributed by atoms with van der Waals surface area (Å²) < 4.78 is 1.57. The molecule has 0 saturated carbocycles. The zero-order valence-electron chi connectivity index (χ0n) is 20.5. The van der Waals surface area contributed by atoms with Crippen molar-refractivity contribution in [3.8, 4) is 11.1 Å². The second-order valence-electron chi connectivity index (χ2n) is 11.1. The SMILES string of the molecule is CC(C)=c1cc2c(c(C3=CC=CC3)c1C(C)(C)C)=[C]([Hf+2])c1cc(C(C)(C)C)ccc1-2.[Cl-].[Cl-]. The largest absolute Gasteiger partial charge is 1.00 e. The van der Waals surface area contributed by atoms with E-state index in [9.17, 15) is 0 Å². The average Bonchev–Trinajstić information content (AvgIpc) is 3.26. The van der Waals surface area contributed by atoms with Gasteiger partial charge in [0.25, 0.3) is 0 Å². The number of halogens is 2. The van der Waals surface area contributed by atoms with Gasteiger partial charge in [0.05, 0.1) is 0 Å². The Morgan fingerprint density at radius 1 is 0.844 bits per heavy atom. The molecule has 167 valence electrons. The Balaban J connectivity index is 0.00000181. The maximum atomic E-state index is 2.50. The fraction of sp³-hybridized carbons (Fsp3) is 0.379. The van der Waals surface area contributed by atoms with Gasteiger partial charge in [0.1, 0.15) is 0 Å². The number of fused-ring (bicyclic) bond motifs is 3. The first kappa shape index (κ1) is 27.4. The summed E-state index contributed by atoms with van der Waals surface area (Å²) in [5.74, 6) is 0. The van der Waals surface area contributed by atoms with Crippen LogP contribution in [-0.2, 0) is 35.2 Å². The van der Waals surface area contributed by atoms with Crippen molar-refractivity contribution in [2.45, 2.75) is 72.6 Å². The van der Waals surface area contributed by atoms with Gasteiger partial charge in [-0.3, -0.25) is 0 Å². The molecule has 4 rings (SSSR count). The van der Waals surface area contributed by atoms with Crippen LogP contribution >= 0.6 is 0 Å². The van der Waals surface area contributed by atoms with Crippen LogP contribution in [0.2, 0.25) is 0 Å². The molecule has 0 heterocycles. The number of benzene rings is 2. The molecule has 0 aromatic heterocycles. The Bertz CT molecular complexity index is 1240. The quantitative estimate of drug-likeness (QED) is 0.403. The molecular formula is C29H33Cl2Hf. The predicted molar refractivity (Wildman–Crippen MR) is 128 cm³/mol. The van der Waals surface area contributed by atoms with E-state index in [0.717, 1.165) is 30.8 Å². The fourth-order valence-electron chi connectivity index (χ4n) is 4.87. The van der Waals surface area contributed by atoms with E-state index in [1.165, 1.54) is 55.0 Å². The van der Waals surface area contributed by atoms with Gasteiger partial charge >= 0.3 is 198 Å². The molecule has 0 amide bonds. The molecule has 2 aromatic carbocycles. The molecule has 2 aliphatic rings. The van der Waals surface area contributed by atoms with Crippen LogP contribution in [0.4, 0.5) is 0 Å². The maximum absolute atomic E-state index is 2.50. The summed E-state index contributed by atoms with van der Waals surface area (Å²) in [5.41, 5.74) is 12.0. The molecule has 0 bridgehead atoms. The van der Waals surface area contributed by atoms with Crippen LogP contribution < -0.4 is 35.3 Å². The zero-order chi connectivity index (χ0) is 22.0. The van der Waals surface area contributed by atoms with E-state index in [4.69, 9.17) is 0 Å². The Morgan fingerprint density at radius 2 is 1.50 bits per heavy atom. The van der Waals surface area contributed by atoms with Crippen LogP contribution in [0.3, 0.4) is 0 Å². The Morgan fingerprint density at radius 3 is 2.00 bits per heavy atom. The van der Waals surface area contributed by atoms with Gasteiger partial charge in [-0.2, -0.15) is 0 Å². The maximum Gasteiger partial charge on any atom is -1.00 e. The van der Waals surface area contributed by atoms with Gasteiger partial charge in [-0.15, -0.1) is 0 Å². The Kier molecular flexibility index (Phi) is 8.03. The Labute approximate surface area is 221 Å². The average molecular weight is 631 g/mol. The third-order valence-corrected chi connectivity index (χ3v) is 8.27. The smallest absolute Gasteiger partial charge is 1.00 e. The van der Waals surface area contributed by atoms with Crippen LogP contribution in [-0.4, -0.2) is 0 Å². The molecule has 0 nitrogen and oxygen atoms in total. The van der Waals surface area contributed by atoms with Gasteiger partial charge in [-0.05, 0) is 0 Å². The van der Waals surface area contributed by atoms with Gasteiger partial charge in [0.2, 0.25) is 0 Å². The van der Waals surface area contributed by atoms with E-state index >= 15 is 0 Å². The number of hydrogen-bond donors (Lipinski definition) is 0. The second-order valence-corrected chi connectivity index (χ2v) is 12.9. The number of allylic oxidation sites excluding steroid dienone is 4. The van der Waals surface area contributed by atoms with Crippen LogP contribution in [0.1, 0.15) is 84.1 Å². The van der Waals surface area contributed by atoms with Crippen LogP contribution in [0.25, 0.3) is 25.6 Å². The Hall–Kier alpha value is -0.890. The summed E-state index contributed by atoms with van der Waals surface area (Å²) in [5, 5.41) is 2.96. The van der Waals surface area contributed by atoms with Crippen molar-refractivity contribution in [1.29, 1.82) is 0 Å². The van der Waals surface area contributed by atoms with Crippen molar-refractivity contribution >= 4 is 14.5 Å². The van der Waals surface area contributed by atoms with Crippen molar-refractivity contribution in [1.82, 2.24) is 0 Å². The minimum Gasteiger partial charge on any atom is -1.00 e. The third kappa shape index (κ3) is 4.55. The summed E-state index contributed by atoms with van der Waals surface area (Å²) >= 11 is 1.05. The first-order chi connectivity index (χ1) is 13.9. The first-order valence-corrected chi connectivity index (χ1v) is 12.8. The molecule has 0 saturated heterocycles.